The van der Waals surface area contributed by atoms with Gasteiger partial charge in [0.2, 0.25) is 0 Å². The molecule has 0 radical (unpaired) electrons. The van der Waals surface area contributed by atoms with Gasteiger partial charge in [0, 0.05) is 10.4 Å². The number of rotatable bonds is 3. The highest BCUT2D eigenvalue weighted by Gasteiger charge is 2.11. The van der Waals surface area contributed by atoms with Gasteiger partial charge in [-0.15, -0.1) is 11.3 Å². The Bertz CT molecular complexity index is 871. The molecule has 3 rings (SSSR count). The number of benzene rings is 2. The van der Waals surface area contributed by atoms with Crippen LogP contribution in [0.4, 0.5) is 10.1 Å². The van der Waals surface area contributed by atoms with Gasteiger partial charge in [0.25, 0.3) is 5.91 Å². The van der Waals surface area contributed by atoms with Crippen LogP contribution in [0.3, 0.4) is 0 Å². The first kappa shape index (κ1) is 14.2. The largest absolute Gasteiger partial charge is 0.478 e. The number of amides is 1. The van der Waals surface area contributed by atoms with E-state index in [1.165, 1.54) is 47.7 Å². The van der Waals surface area contributed by atoms with Crippen molar-refractivity contribution in [3.8, 4) is 0 Å². The third-order valence-corrected chi connectivity index (χ3v) is 4.21. The molecule has 0 unspecified atom stereocenters. The summed E-state index contributed by atoms with van der Waals surface area (Å²) in [6, 6.07) is 11.9. The van der Waals surface area contributed by atoms with Crippen LogP contribution in [0.25, 0.3) is 10.1 Å². The van der Waals surface area contributed by atoms with Gasteiger partial charge in [-0.05, 0) is 53.9 Å². The lowest BCUT2D eigenvalue weighted by atomic mass is 10.2. The highest BCUT2D eigenvalue weighted by molar-refractivity contribution is 7.20. The topological polar surface area (TPSA) is 66.4 Å². The van der Waals surface area contributed by atoms with Crippen LogP contribution in [-0.2, 0) is 0 Å². The molecule has 0 bridgehead atoms. The quantitative estimate of drug-likeness (QED) is 0.768. The normalized spacial score (nSPS) is 10.6. The van der Waals surface area contributed by atoms with Crippen molar-refractivity contribution in [2.45, 2.75) is 0 Å². The number of aromatic carboxylic acids is 1. The summed E-state index contributed by atoms with van der Waals surface area (Å²) in [7, 11) is 0. The standard InChI is InChI=1S/C16H10FNO3S/c17-11-3-6-13-10(7-11)8-14(22-13)15(19)18-12-4-1-9(2-5-12)16(20)21/h1-8H,(H,18,19)(H,20,21). The summed E-state index contributed by atoms with van der Waals surface area (Å²) in [6.45, 7) is 0. The summed E-state index contributed by atoms with van der Waals surface area (Å²) < 4.78 is 14.0. The Balaban J connectivity index is 1.81. The van der Waals surface area contributed by atoms with Crippen molar-refractivity contribution in [3.05, 3.63) is 64.8 Å². The number of carboxylic acid groups (broad SMARTS) is 1. The molecule has 3 aromatic rings. The predicted octanol–water partition coefficient (Wildman–Crippen LogP) is 3.99. The summed E-state index contributed by atoms with van der Waals surface area (Å²) >= 11 is 1.27. The fraction of sp³-hybridized carbons (Fsp3) is 0. The molecule has 1 aromatic heterocycles. The molecule has 2 N–H and O–H groups in total. The van der Waals surface area contributed by atoms with Crippen molar-refractivity contribution in [3.63, 3.8) is 0 Å². The van der Waals surface area contributed by atoms with Crippen molar-refractivity contribution < 1.29 is 19.1 Å². The number of carbonyl (C=O) groups is 2. The Kier molecular flexibility index (Phi) is 3.60. The molecule has 1 amide bonds. The zero-order valence-corrected chi connectivity index (χ0v) is 12.0. The fourth-order valence-corrected chi connectivity index (χ4v) is 2.95. The van der Waals surface area contributed by atoms with Gasteiger partial charge >= 0.3 is 5.97 Å². The lowest BCUT2D eigenvalue weighted by Gasteiger charge is -2.03. The minimum Gasteiger partial charge on any atom is -0.478 e. The van der Waals surface area contributed by atoms with Crippen molar-refractivity contribution >= 4 is 39.0 Å². The van der Waals surface area contributed by atoms with Crippen LogP contribution in [-0.4, -0.2) is 17.0 Å². The van der Waals surface area contributed by atoms with E-state index in [2.05, 4.69) is 5.32 Å². The smallest absolute Gasteiger partial charge is 0.335 e. The maximum Gasteiger partial charge on any atom is 0.335 e. The number of hydrogen-bond acceptors (Lipinski definition) is 3. The van der Waals surface area contributed by atoms with Crippen LogP contribution in [0.5, 0.6) is 0 Å². The second kappa shape index (κ2) is 5.57. The van der Waals surface area contributed by atoms with Crippen LogP contribution in [0.15, 0.2) is 48.5 Å². The second-order valence-electron chi connectivity index (χ2n) is 4.63. The zero-order chi connectivity index (χ0) is 15.7. The average molecular weight is 315 g/mol. The first-order valence-corrected chi connectivity index (χ1v) is 7.18. The van der Waals surface area contributed by atoms with Gasteiger partial charge < -0.3 is 10.4 Å². The minimum absolute atomic E-state index is 0.148. The number of carboxylic acids is 1. The molecule has 0 aliphatic carbocycles. The predicted molar refractivity (Wildman–Crippen MR) is 83.1 cm³/mol. The van der Waals surface area contributed by atoms with E-state index < -0.39 is 5.97 Å². The molecule has 0 saturated heterocycles. The third-order valence-electron chi connectivity index (χ3n) is 3.09. The molecule has 0 spiro atoms. The van der Waals surface area contributed by atoms with E-state index in [1.54, 1.807) is 12.1 Å². The molecule has 0 aliphatic rings. The van der Waals surface area contributed by atoms with Gasteiger partial charge in [0.05, 0.1) is 10.4 Å². The van der Waals surface area contributed by atoms with Gasteiger partial charge in [-0.2, -0.15) is 0 Å². The van der Waals surface area contributed by atoms with Crippen LogP contribution in [0, 0.1) is 5.82 Å². The molecule has 0 aliphatic heterocycles. The molecular weight excluding hydrogens is 305 g/mol. The number of halogens is 1. The Hall–Kier alpha value is -2.73. The van der Waals surface area contributed by atoms with E-state index in [-0.39, 0.29) is 17.3 Å². The third kappa shape index (κ3) is 2.82. The molecular formula is C16H10FNO3S. The van der Waals surface area contributed by atoms with Gasteiger partial charge in [-0.3, -0.25) is 4.79 Å². The molecule has 4 nitrogen and oxygen atoms in total. The molecule has 22 heavy (non-hydrogen) atoms. The molecule has 1 heterocycles. The van der Waals surface area contributed by atoms with E-state index in [4.69, 9.17) is 5.11 Å². The van der Waals surface area contributed by atoms with Gasteiger partial charge in [0.1, 0.15) is 5.82 Å². The second-order valence-corrected chi connectivity index (χ2v) is 5.71. The lowest BCUT2D eigenvalue weighted by Crippen LogP contribution is -2.10. The van der Waals surface area contributed by atoms with E-state index in [0.29, 0.717) is 16.0 Å². The Morgan fingerprint density at radius 1 is 1.05 bits per heavy atom. The summed E-state index contributed by atoms with van der Waals surface area (Å²) in [5, 5.41) is 12.2. The lowest BCUT2D eigenvalue weighted by molar-refractivity contribution is 0.0696. The summed E-state index contributed by atoms with van der Waals surface area (Å²) in [4.78, 5) is 23.4. The van der Waals surface area contributed by atoms with Crippen molar-refractivity contribution in [2.24, 2.45) is 0 Å². The zero-order valence-electron chi connectivity index (χ0n) is 11.2. The Morgan fingerprint density at radius 2 is 1.77 bits per heavy atom. The van der Waals surface area contributed by atoms with Gasteiger partial charge in [0.15, 0.2) is 0 Å². The highest BCUT2D eigenvalue weighted by atomic mass is 32.1. The van der Waals surface area contributed by atoms with E-state index >= 15 is 0 Å². The molecule has 0 fully saturated rings. The molecule has 6 heteroatoms. The number of carbonyl (C=O) groups excluding carboxylic acids is 1. The van der Waals surface area contributed by atoms with Crippen LogP contribution in [0.1, 0.15) is 20.0 Å². The summed E-state index contributed by atoms with van der Waals surface area (Å²) in [6.07, 6.45) is 0. The maximum absolute atomic E-state index is 13.2. The summed E-state index contributed by atoms with van der Waals surface area (Å²) in [5.41, 5.74) is 0.647. The number of anilines is 1. The number of fused-ring (bicyclic) bond motifs is 1. The number of nitrogens with one attached hydrogen (secondary N) is 1. The van der Waals surface area contributed by atoms with E-state index in [1.807, 2.05) is 0 Å². The first-order chi connectivity index (χ1) is 10.5. The van der Waals surface area contributed by atoms with Gasteiger partial charge in [-0.1, -0.05) is 0 Å². The molecule has 2 aromatic carbocycles. The summed E-state index contributed by atoms with van der Waals surface area (Å²) in [5.74, 6) is -1.68. The average Bonchev–Trinajstić information content (AvgIpc) is 2.91. The van der Waals surface area contributed by atoms with Crippen molar-refractivity contribution in [1.29, 1.82) is 0 Å². The molecule has 0 saturated carbocycles. The first-order valence-electron chi connectivity index (χ1n) is 6.37. The van der Waals surface area contributed by atoms with Gasteiger partial charge in [-0.25, -0.2) is 9.18 Å². The van der Waals surface area contributed by atoms with E-state index in [0.717, 1.165) is 4.70 Å². The fourth-order valence-electron chi connectivity index (χ4n) is 2.01. The highest BCUT2D eigenvalue weighted by Crippen LogP contribution is 2.27. The SMILES string of the molecule is O=C(O)c1ccc(NC(=O)c2cc3cc(F)ccc3s2)cc1. The molecule has 0 atom stereocenters. The van der Waals surface area contributed by atoms with Crippen LogP contribution < -0.4 is 5.32 Å². The van der Waals surface area contributed by atoms with E-state index in [9.17, 15) is 14.0 Å². The Labute approximate surface area is 128 Å². The number of thiophene rings is 1. The monoisotopic (exact) mass is 315 g/mol. The number of hydrogen-bond donors (Lipinski definition) is 2. The van der Waals surface area contributed by atoms with Crippen molar-refractivity contribution in [1.82, 2.24) is 0 Å². The van der Waals surface area contributed by atoms with Crippen molar-refractivity contribution in [2.75, 3.05) is 5.32 Å². The maximum atomic E-state index is 13.2. The Morgan fingerprint density at radius 3 is 2.45 bits per heavy atom. The minimum atomic E-state index is -1.02. The van der Waals surface area contributed by atoms with Crippen LogP contribution >= 0.6 is 11.3 Å². The van der Waals surface area contributed by atoms with Crippen LogP contribution in [0.2, 0.25) is 0 Å². The molecule has 110 valence electrons.